The summed E-state index contributed by atoms with van der Waals surface area (Å²) < 4.78 is 41.9. The molecule has 1 fully saturated rings. The van der Waals surface area contributed by atoms with Crippen molar-refractivity contribution in [1.29, 1.82) is 0 Å². The largest absolute Gasteiger partial charge is 0.416 e. The van der Waals surface area contributed by atoms with Crippen LogP contribution >= 0.6 is 11.8 Å². The zero-order valence-electron chi connectivity index (χ0n) is 19.5. The topological polar surface area (TPSA) is 54.3 Å². The first kappa shape index (κ1) is 23.8. The molecule has 5 rings (SSSR count). The summed E-state index contributed by atoms with van der Waals surface area (Å²) in [6.45, 7) is 1.74. The number of hydrogen-bond donors (Lipinski definition) is 1. The molecule has 2 aromatic carbocycles. The van der Waals surface area contributed by atoms with Gasteiger partial charge in [0.05, 0.1) is 12.1 Å². The number of nitrogens with zero attached hydrogens (tertiary/aromatic N) is 2. The van der Waals surface area contributed by atoms with Gasteiger partial charge < -0.3 is 9.88 Å². The first-order valence-electron chi connectivity index (χ1n) is 11.6. The lowest BCUT2D eigenvalue weighted by atomic mass is 9.93. The maximum absolute atomic E-state index is 13.9. The molecule has 5 nitrogen and oxygen atoms in total. The zero-order chi connectivity index (χ0) is 25.0. The highest BCUT2D eigenvalue weighted by molar-refractivity contribution is 7.98. The number of benzene rings is 2. The fraction of sp³-hybridized carbons (Fsp3) is 0.385. The molecule has 0 bridgehead atoms. The molecule has 1 aromatic heterocycles. The van der Waals surface area contributed by atoms with E-state index in [1.54, 1.807) is 23.6 Å². The van der Waals surface area contributed by atoms with Gasteiger partial charge in [0.1, 0.15) is 11.2 Å². The van der Waals surface area contributed by atoms with Gasteiger partial charge in [-0.05, 0) is 62.4 Å². The predicted octanol–water partition coefficient (Wildman–Crippen LogP) is 5.86. The van der Waals surface area contributed by atoms with Crippen LogP contribution in [0.5, 0.6) is 0 Å². The summed E-state index contributed by atoms with van der Waals surface area (Å²) >= 11 is 1.53. The van der Waals surface area contributed by atoms with E-state index in [9.17, 15) is 22.8 Å². The van der Waals surface area contributed by atoms with E-state index in [1.807, 2.05) is 24.5 Å². The van der Waals surface area contributed by atoms with Crippen molar-refractivity contribution < 1.29 is 22.8 Å². The summed E-state index contributed by atoms with van der Waals surface area (Å²) in [6.07, 6.45) is 1.25. The minimum Gasteiger partial charge on any atom is -0.351 e. The van der Waals surface area contributed by atoms with Crippen LogP contribution in [0, 0.1) is 0 Å². The Hall–Kier alpha value is -2.94. The second-order valence-corrected chi connectivity index (χ2v) is 10.3. The monoisotopic (exact) mass is 501 g/mol. The van der Waals surface area contributed by atoms with Crippen LogP contribution in [0.3, 0.4) is 0 Å². The van der Waals surface area contributed by atoms with Gasteiger partial charge in [-0.15, -0.1) is 11.8 Å². The summed E-state index contributed by atoms with van der Waals surface area (Å²) in [5, 5.41) is 3.64. The summed E-state index contributed by atoms with van der Waals surface area (Å²) in [6, 6.07) is 12.5. The second kappa shape index (κ2) is 8.62. The van der Waals surface area contributed by atoms with Crippen LogP contribution in [0.15, 0.2) is 53.4 Å². The van der Waals surface area contributed by atoms with Crippen LogP contribution in [-0.4, -0.2) is 34.2 Å². The van der Waals surface area contributed by atoms with E-state index >= 15 is 0 Å². The first-order chi connectivity index (χ1) is 16.6. The van der Waals surface area contributed by atoms with Gasteiger partial charge in [-0.3, -0.25) is 14.5 Å². The molecule has 35 heavy (non-hydrogen) atoms. The van der Waals surface area contributed by atoms with Crippen molar-refractivity contribution >= 4 is 40.2 Å². The number of nitrogens with one attached hydrogen (secondary N) is 1. The molecule has 2 aliphatic rings. The van der Waals surface area contributed by atoms with Crippen molar-refractivity contribution in [3.8, 4) is 0 Å². The summed E-state index contributed by atoms with van der Waals surface area (Å²) in [4.78, 5) is 30.1. The zero-order valence-corrected chi connectivity index (χ0v) is 20.3. The quantitative estimate of drug-likeness (QED) is 0.456. The lowest BCUT2D eigenvalue weighted by Crippen LogP contribution is -2.65. The Bertz CT molecular complexity index is 1310. The Morgan fingerprint density at radius 1 is 1.11 bits per heavy atom. The van der Waals surface area contributed by atoms with Crippen LogP contribution in [0.2, 0.25) is 0 Å². The smallest absolute Gasteiger partial charge is 0.351 e. The Labute approximate surface area is 205 Å². The third-order valence-electron chi connectivity index (χ3n) is 7.10. The molecule has 3 aromatic rings. The Morgan fingerprint density at radius 3 is 2.54 bits per heavy atom. The number of fused-ring (bicyclic) bond motifs is 3. The molecule has 1 atom stereocenters. The van der Waals surface area contributed by atoms with Gasteiger partial charge in [0, 0.05) is 27.5 Å². The molecule has 0 spiro atoms. The van der Waals surface area contributed by atoms with Gasteiger partial charge in [0.2, 0.25) is 5.91 Å². The Kier molecular flexibility index (Phi) is 5.86. The van der Waals surface area contributed by atoms with E-state index in [-0.39, 0.29) is 24.2 Å². The number of aromatic nitrogens is 1. The summed E-state index contributed by atoms with van der Waals surface area (Å²) in [5.41, 5.74) is -0.978. The highest BCUT2D eigenvalue weighted by Gasteiger charge is 2.49. The van der Waals surface area contributed by atoms with E-state index in [0.29, 0.717) is 16.6 Å². The normalized spacial score (nSPS) is 20.9. The predicted molar refractivity (Wildman–Crippen MR) is 131 cm³/mol. The fourth-order valence-corrected chi connectivity index (χ4v) is 5.68. The number of halogens is 3. The van der Waals surface area contributed by atoms with Crippen molar-refractivity contribution in [3.05, 3.63) is 59.8 Å². The SMILES string of the molecule is CSc1cccc(N2C(=O)c3cc4ccc(C(F)(F)F)cc4n3C[C@@]2(C)C(=O)NC2CCCC2)c1. The third kappa shape index (κ3) is 4.09. The Morgan fingerprint density at radius 2 is 1.86 bits per heavy atom. The standard InChI is InChI=1S/C26H26F3N3O2S/c1-25(24(34)30-18-6-3-4-7-18)15-31-21-13-17(26(27,28)29)11-10-16(21)12-22(31)23(33)32(25)19-8-5-9-20(14-19)35-2/h5,8-14,18H,3-4,6-7,15H2,1-2H3,(H,30,34)/t25-/m0/s1. The number of hydrogen-bond acceptors (Lipinski definition) is 3. The molecule has 184 valence electrons. The molecule has 0 saturated heterocycles. The molecular formula is C26H26F3N3O2S. The van der Waals surface area contributed by atoms with Crippen LogP contribution < -0.4 is 10.2 Å². The summed E-state index contributed by atoms with van der Waals surface area (Å²) in [7, 11) is 0. The van der Waals surface area contributed by atoms with Crippen molar-refractivity contribution in [2.45, 2.75) is 61.8 Å². The Balaban J connectivity index is 1.66. The molecule has 1 saturated carbocycles. The lowest BCUT2D eigenvalue weighted by molar-refractivity contribution is -0.137. The van der Waals surface area contributed by atoms with Crippen molar-refractivity contribution in [1.82, 2.24) is 9.88 Å². The average molecular weight is 502 g/mol. The number of carbonyl (C=O) groups is 2. The van der Waals surface area contributed by atoms with Crippen LogP contribution in [0.4, 0.5) is 18.9 Å². The van der Waals surface area contributed by atoms with E-state index < -0.39 is 23.2 Å². The molecule has 1 N–H and O–H groups in total. The highest BCUT2D eigenvalue weighted by atomic mass is 32.2. The van der Waals surface area contributed by atoms with Gasteiger partial charge in [-0.25, -0.2) is 0 Å². The molecule has 1 aliphatic carbocycles. The van der Waals surface area contributed by atoms with Crippen molar-refractivity contribution in [3.63, 3.8) is 0 Å². The molecule has 2 amide bonds. The van der Waals surface area contributed by atoms with Gasteiger partial charge in [-0.2, -0.15) is 13.2 Å². The summed E-state index contributed by atoms with van der Waals surface area (Å²) in [5.74, 6) is -0.713. The van der Waals surface area contributed by atoms with Crippen LogP contribution in [0.25, 0.3) is 10.9 Å². The molecule has 0 radical (unpaired) electrons. The van der Waals surface area contributed by atoms with Gasteiger partial charge >= 0.3 is 6.18 Å². The van der Waals surface area contributed by atoms with Gasteiger partial charge in [-0.1, -0.05) is 25.0 Å². The van der Waals surface area contributed by atoms with E-state index in [2.05, 4.69) is 5.32 Å². The number of thioether (sulfide) groups is 1. The van der Waals surface area contributed by atoms with Crippen LogP contribution in [-0.2, 0) is 17.5 Å². The number of alkyl halides is 3. The molecular weight excluding hydrogens is 475 g/mol. The third-order valence-corrected chi connectivity index (χ3v) is 7.83. The van der Waals surface area contributed by atoms with Crippen LogP contribution in [0.1, 0.15) is 48.7 Å². The molecule has 1 aliphatic heterocycles. The molecule has 2 heterocycles. The number of amides is 2. The van der Waals surface area contributed by atoms with Crippen molar-refractivity contribution in [2.24, 2.45) is 0 Å². The lowest BCUT2D eigenvalue weighted by Gasteiger charge is -2.44. The number of carbonyl (C=O) groups excluding carboxylic acids is 2. The van der Waals surface area contributed by atoms with Gasteiger partial charge in [0.15, 0.2) is 0 Å². The second-order valence-electron chi connectivity index (χ2n) is 9.46. The minimum atomic E-state index is -4.51. The first-order valence-corrected chi connectivity index (χ1v) is 12.8. The van der Waals surface area contributed by atoms with E-state index in [1.165, 1.54) is 22.7 Å². The van der Waals surface area contributed by atoms with E-state index in [4.69, 9.17) is 0 Å². The number of rotatable bonds is 4. The molecule has 9 heteroatoms. The minimum absolute atomic E-state index is 0.0356. The maximum atomic E-state index is 13.9. The maximum Gasteiger partial charge on any atom is 0.416 e. The highest BCUT2D eigenvalue weighted by Crippen LogP contribution is 2.39. The molecule has 0 unspecified atom stereocenters. The van der Waals surface area contributed by atoms with Gasteiger partial charge in [0.25, 0.3) is 5.91 Å². The number of anilines is 1. The van der Waals surface area contributed by atoms with Crippen molar-refractivity contribution in [2.75, 3.05) is 11.2 Å². The fourth-order valence-electron chi connectivity index (χ4n) is 5.23. The average Bonchev–Trinajstić information content (AvgIpc) is 3.46. The van der Waals surface area contributed by atoms with E-state index in [0.717, 1.165) is 42.7 Å².